The number of nitrogens with two attached hydrogens (primary N) is 1. The van der Waals surface area contributed by atoms with Gasteiger partial charge in [0.05, 0.1) is 18.5 Å². The zero-order valence-electron chi connectivity index (χ0n) is 15.3. The number of rotatable bonds is 6. The Hall–Kier alpha value is -1.51. The lowest BCUT2D eigenvalue weighted by Gasteiger charge is -2.31. The van der Waals surface area contributed by atoms with Gasteiger partial charge in [-0.25, -0.2) is 4.98 Å². The number of nitrogens with zero attached hydrogens (tertiary/aromatic N) is 2. The highest BCUT2D eigenvalue weighted by Crippen LogP contribution is 2.38. The van der Waals surface area contributed by atoms with Crippen LogP contribution in [-0.4, -0.2) is 61.6 Å². The van der Waals surface area contributed by atoms with Crippen molar-refractivity contribution in [2.24, 2.45) is 5.73 Å². The number of nitrogens with one attached hydrogen (secondary N) is 1. The van der Waals surface area contributed by atoms with E-state index in [0.29, 0.717) is 24.0 Å². The van der Waals surface area contributed by atoms with Gasteiger partial charge >= 0.3 is 5.97 Å². The number of carbonyl (C=O) groups excluding carboxylic acids is 2. The molecular weight excluding hydrogens is 352 g/mol. The van der Waals surface area contributed by atoms with Crippen LogP contribution >= 0.6 is 11.3 Å². The monoisotopic (exact) mass is 380 g/mol. The molecule has 144 valence electrons. The molecule has 2 saturated heterocycles. The number of aromatic nitrogens is 1. The number of carbonyl (C=O) groups is 2. The van der Waals surface area contributed by atoms with E-state index in [-0.39, 0.29) is 5.97 Å². The summed E-state index contributed by atoms with van der Waals surface area (Å²) in [7, 11) is 1.42. The summed E-state index contributed by atoms with van der Waals surface area (Å²) in [5.74, 6) is 0.190. The van der Waals surface area contributed by atoms with Crippen molar-refractivity contribution < 1.29 is 14.3 Å². The molecule has 0 unspecified atom stereocenters. The zero-order chi connectivity index (χ0) is 18.5. The molecule has 2 fully saturated rings. The van der Waals surface area contributed by atoms with Gasteiger partial charge in [0.15, 0.2) is 0 Å². The second-order valence-corrected chi connectivity index (χ2v) is 8.16. The van der Waals surface area contributed by atoms with Crippen molar-refractivity contribution in [3.63, 3.8) is 0 Å². The highest BCUT2D eigenvalue weighted by Gasteiger charge is 2.29. The highest BCUT2D eigenvalue weighted by atomic mass is 32.1. The van der Waals surface area contributed by atoms with Crippen molar-refractivity contribution in [1.29, 1.82) is 0 Å². The van der Waals surface area contributed by atoms with E-state index in [4.69, 9.17) is 10.5 Å². The average Bonchev–Trinajstić information content (AvgIpc) is 3.13. The van der Waals surface area contributed by atoms with E-state index >= 15 is 0 Å². The molecule has 0 aromatic carbocycles. The third-order valence-corrected chi connectivity index (χ3v) is 6.79. The van der Waals surface area contributed by atoms with Crippen LogP contribution in [0.15, 0.2) is 0 Å². The minimum absolute atomic E-state index is 0.169. The van der Waals surface area contributed by atoms with Gasteiger partial charge in [0.2, 0.25) is 0 Å². The third kappa shape index (κ3) is 4.61. The minimum Gasteiger partial charge on any atom is -0.469 e. The van der Waals surface area contributed by atoms with Gasteiger partial charge < -0.3 is 20.7 Å². The largest absolute Gasteiger partial charge is 0.469 e. The molecule has 1 aromatic rings. The molecule has 2 aliphatic heterocycles. The van der Waals surface area contributed by atoms with Crippen molar-refractivity contribution in [2.45, 2.75) is 43.9 Å². The van der Waals surface area contributed by atoms with Crippen molar-refractivity contribution in [2.75, 3.05) is 39.8 Å². The molecule has 2 aliphatic rings. The topological polar surface area (TPSA) is 97.6 Å². The smallest absolute Gasteiger partial charge is 0.306 e. The van der Waals surface area contributed by atoms with Crippen LogP contribution in [0.1, 0.15) is 64.3 Å². The average molecular weight is 381 g/mol. The number of piperidine rings is 2. The van der Waals surface area contributed by atoms with Gasteiger partial charge in [-0.3, -0.25) is 9.59 Å². The molecule has 1 amide bonds. The second kappa shape index (κ2) is 8.92. The summed E-state index contributed by atoms with van der Waals surface area (Å²) in [4.78, 5) is 31.2. The zero-order valence-corrected chi connectivity index (χ0v) is 16.1. The molecule has 8 heteroatoms. The van der Waals surface area contributed by atoms with Crippen molar-refractivity contribution in [3.05, 3.63) is 15.6 Å². The summed E-state index contributed by atoms with van der Waals surface area (Å²) in [6, 6.07) is 0. The summed E-state index contributed by atoms with van der Waals surface area (Å²) < 4.78 is 4.71. The summed E-state index contributed by atoms with van der Waals surface area (Å²) >= 11 is 1.69. The van der Waals surface area contributed by atoms with Crippen LogP contribution in [0, 0.1) is 0 Å². The molecule has 1 aromatic heterocycles. The Bertz CT molecular complexity index is 634. The molecule has 0 aliphatic carbocycles. The number of esters is 1. The molecule has 7 nitrogen and oxygen atoms in total. The van der Waals surface area contributed by atoms with Crippen molar-refractivity contribution >= 4 is 23.2 Å². The number of thiazole rings is 1. The summed E-state index contributed by atoms with van der Waals surface area (Å²) in [6.45, 7) is 4.57. The highest BCUT2D eigenvalue weighted by molar-refractivity contribution is 7.12. The number of hydrogen-bond donors (Lipinski definition) is 2. The van der Waals surface area contributed by atoms with E-state index < -0.39 is 5.91 Å². The van der Waals surface area contributed by atoms with E-state index in [1.54, 1.807) is 11.3 Å². The number of ether oxygens (including phenoxy) is 1. The Labute approximate surface area is 158 Å². The maximum Gasteiger partial charge on any atom is 0.306 e. The summed E-state index contributed by atoms with van der Waals surface area (Å²) in [5.41, 5.74) is 6.10. The molecule has 26 heavy (non-hydrogen) atoms. The van der Waals surface area contributed by atoms with Gasteiger partial charge in [-0.2, -0.15) is 0 Å². The standard InChI is InChI=1S/C18H28N4O3S/c1-25-14(23)6-11-22-9-4-12(5-10-22)16-15(17(19)24)21-18(26-16)13-2-7-20-8-3-13/h12-13,20H,2-11H2,1H3,(H2,19,24). The van der Waals surface area contributed by atoms with E-state index in [1.807, 2.05) is 0 Å². The van der Waals surface area contributed by atoms with Crippen LogP contribution in [0.3, 0.4) is 0 Å². The van der Waals surface area contributed by atoms with Crippen LogP contribution in [-0.2, 0) is 9.53 Å². The van der Waals surface area contributed by atoms with E-state index in [0.717, 1.165) is 68.3 Å². The number of hydrogen-bond acceptors (Lipinski definition) is 7. The fourth-order valence-electron chi connectivity index (χ4n) is 3.82. The Kier molecular flexibility index (Phi) is 6.61. The first-order chi connectivity index (χ1) is 12.6. The van der Waals surface area contributed by atoms with Gasteiger partial charge in [-0.15, -0.1) is 11.3 Å². The Balaban J connectivity index is 1.64. The first-order valence-electron chi connectivity index (χ1n) is 9.38. The SMILES string of the molecule is COC(=O)CCN1CCC(c2sc(C3CCNCC3)nc2C(N)=O)CC1. The first-order valence-corrected chi connectivity index (χ1v) is 10.2. The van der Waals surface area contributed by atoms with Crippen LogP contribution in [0.4, 0.5) is 0 Å². The lowest BCUT2D eigenvalue weighted by Crippen LogP contribution is -2.34. The van der Waals surface area contributed by atoms with Crippen LogP contribution < -0.4 is 11.1 Å². The molecule has 0 spiro atoms. The van der Waals surface area contributed by atoms with Gasteiger partial charge in [-0.1, -0.05) is 0 Å². The number of likely N-dealkylation sites (tertiary alicyclic amines) is 1. The van der Waals surface area contributed by atoms with Gasteiger partial charge in [0.1, 0.15) is 5.69 Å². The molecule has 0 atom stereocenters. The van der Waals surface area contributed by atoms with Gasteiger partial charge in [0.25, 0.3) is 5.91 Å². The van der Waals surface area contributed by atoms with Crippen LogP contribution in [0.5, 0.6) is 0 Å². The minimum atomic E-state index is -0.412. The van der Waals surface area contributed by atoms with E-state index in [2.05, 4.69) is 15.2 Å². The van der Waals surface area contributed by atoms with E-state index in [9.17, 15) is 9.59 Å². The lowest BCUT2D eigenvalue weighted by molar-refractivity contribution is -0.141. The first kappa shape index (κ1) is 19.3. The second-order valence-electron chi connectivity index (χ2n) is 7.10. The third-order valence-electron chi connectivity index (χ3n) is 5.41. The molecular formula is C18H28N4O3S. The lowest BCUT2D eigenvalue weighted by atomic mass is 9.94. The van der Waals surface area contributed by atoms with Gasteiger partial charge in [-0.05, 0) is 57.8 Å². The number of primary amides is 1. The van der Waals surface area contributed by atoms with Crippen molar-refractivity contribution in [1.82, 2.24) is 15.2 Å². The normalized spacial score (nSPS) is 20.2. The fraction of sp³-hybridized carbons (Fsp3) is 0.722. The number of methoxy groups -OCH3 is 1. The Morgan fingerprint density at radius 2 is 1.92 bits per heavy atom. The molecule has 0 radical (unpaired) electrons. The molecule has 0 saturated carbocycles. The van der Waals surface area contributed by atoms with Gasteiger partial charge in [0, 0.05) is 17.3 Å². The van der Waals surface area contributed by atoms with Crippen molar-refractivity contribution in [3.8, 4) is 0 Å². The predicted molar refractivity (Wildman–Crippen MR) is 101 cm³/mol. The maximum absolute atomic E-state index is 11.9. The van der Waals surface area contributed by atoms with E-state index in [1.165, 1.54) is 7.11 Å². The molecule has 3 N–H and O–H groups in total. The molecule has 3 rings (SSSR count). The summed E-state index contributed by atoms with van der Waals surface area (Å²) in [5, 5.41) is 4.44. The van der Waals surface area contributed by atoms with Crippen LogP contribution in [0.2, 0.25) is 0 Å². The van der Waals surface area contributed by atoms with Crippen LogP contribution in [0.25, 0.3) is 0 Å². The molecule has 0 bridgehead atoms. The fourth-order valence-corrected chi connectivity index (χ4v) is 5.23. The summed E-state index contributed by atoms with van der Waals surface area (Å²) in [6.07, 6.45) is 4.49. The Morgan fingerprint density at radius 3 is 2.54 bits per heavy atom. The predicted octanol–water partition coefficient (Wildman–Crippen LogP) is 1.45. The quantitative estimate of drug-likeness (QED) is 0.725. The maximum atomic E-state index is 11.9. The Morgan fingerprint density at radius 1 is 1.23 bits per heavy atom. The molecule has 3 heterocycles. The number of amides is 1.